The summed E-state index contributed by atoms with van der Waals surface area (Å²) in [5.41, 5.74) is 0.877. The molecule has 2 heterocycles. The highest BCUT2D eigenvalue weighted by molar-refractivity contribution is 7.07. The van der Waals surface area contributed by atoms with Crippen molar-refractivity contribution in [3.63, 3.8) is 0 Å². The summed E-state index contributed by atoms with van der Waals surface area (Å²) < 4.78 is 2.74. The molecule has 0 aliphatic carbocycles. The van der Waals surface area contributed by atoms with Crippen molar-refractivity contribution >= 4 is 17.4 Å². The monoisotopic (exact) mass is 168 g/mol. The van der Waals surface area contributed by atoms with E-state index in [2.05, 4.69) is 4.99 Å². The SMILES string of the molecule is C/C=c1/sc(=O)n2c1=NCC2. The number of thiazole rings is 1. The molecule has 2 rings (SSSR count). The summed E-state index contributed by atoms with van der Waals surface area (Å²) in [6.07, 6.45) is 1.94. The lowest BCUT2D eigenvalue weighted by Crippen LogP contribution is -2.27. The summed E-state index contributed by atoms with van der Waals surface area (Å²) in [6.45, 7) is 3.46. The smallest absolute Gasteiger partial charge is 0.282 e. The Bertz CT molecular complexity index is 440. The molecular weight excluding hydrogens is 160 g/mol. The predicted octanol–water partition coefficient (Wildman–Crippen LogP) is -0.657. The van der Waals surface area contributed by atoms with E-state index in [1.807, 2.05) is 13.0 Å². The second-order valence-corrected chi connectivity index (χ2v) is 3.37. The van der Waals surface area contributed by atoms with Crippen LogP contribution in [0.25, 0.3) is 6.08 Å². The van der Waals surface area contributed by atoms with Crippen LogP contribution in [0.1, 0.15) is 6.92 Å². The van der Waals surface area contributed by atoms with E-state index in [1.54, 1.807) is 4.57 Å². The zero-order chi connectivity index (χ0) is 7.84. The van der Waals surface area contributed by atoms with Crippen LogP contribution >= 0.6 is 11.3 Å². The van der Waals surface area contributed by atoms with Crippen LogP contribution in [0.2, 0.25) is 0 Å². The molecule has 58 valence electrons. The van der Waals surface area contributed by atoms with Crippen LogP contribution in [-0.2, 0) is 6.54 Å². The van der Waals surface area contributed by atoms with Crippen molar-refractivity contribution in [2.75, 3.05) is 6.54 Å². The maximum Gasteiger partial charge on any atom is 0.309 e. The summed E-state index contributed by atoms with van der Waals surface area (Å²) >= 11 is 1.27. The molecule has 0 atom stereocenters. The first kappa shape index (κ1) is 6.79. The van der Waals surface area contributed by atoms with Crippen LogP contribution in [-0.4, -0.2) is 11.1 Å². The standard InChI is InChI=1S/C7H8N2OS/c1-2-5-6-8-3-4-9(6)7(10)11-5/h2H,3-4H2,1H3/b5-2+. The fourth-order valence-corrected chi connectivity index (χ4v) is 2.08. The molecule has 0 fully saturated rings. The molecule has 1 aromatic rings. The molecule has 0 saturated carbocycles. The summed E-state index contributed by atoms with van der Waals surface area (Å²) in [7, 11) is 0. The molecule has 1 aliphatic rings. The highest BCUT2D eigenvalue weighted by Crippen LogP contribution is 1.84. The Kier molecular flexibility index (Phi) is 1.42. The number of rotatable bonds is 0. The molecular formula is C7H8N2OS. The maximum absolute atomic E-state index is 11.2. The molecule has 0 saturated heterocycles. The zero-order valence-corrected chi connectivity index (χ0v) is 7.02. The molecule has 0 amide bonds. The third-order valence-corrected chi connectivity index (χ3v) is 2.77. The van der Waals surface area contributed by atoms with Gasteiger partial charge in [0.25, 0.3) is 0 Å². The van der Waals surface area contributed by atoms with E-state index >= 15 is 0 Å². The normalized spacial score (nSPS) is 16.6. The average Bonchev–Trinajstić information content (AvgIpc) is 2.54. The van der Waals surface area contributed by atoms with Gasteiger partial charge in [0.2, 0.25) is 0 Å². The van der Waals surface area contributed by atoms with Gasteiger partial charge < -0.3 is 0 Å². The van der Waals surface area contributed by atoms with Gasteiger partial charge >= 0.3 is 4.87 Å². The van der Waals surface area contributed by atoms with Crippen molar-refractivity contribution in [1.29, 1.82) is 0 Å². The van der Waals surface area contributed by atoms with E-state index < -0.39 is 0 Å². The Morgan fingerprint density at radius 3 is 3.27 bits per heavy atom. The van der Waals surface area contributed by atoms with E-state index in [0.717, 1.165) is 23.1 Å². The second-order valence-electron chi connectivity index (χ2n) is 2.38. The van der Waals surface area contributed by atoms with E-state index in [-0.39, 0.29) is 4.87 Å². The molecule has 4 heteroatoms. The summed E-state index contributed by atoms with van der Waals surface area (Å²) in [6, 6.07) is 0. The highest BCUT2D eigenvalue weighted by atomic mass is 32.1. The summed E-state index contributed by atoms with van der Waals surface area (Å²) in [5.74, 6) is 0. The van der Waals surface area contributed by atoms with Crippen molar-refractivity contribution in [3.8, 4) is 0 Å². The van der Waals surface area contributed by atoms with Gasteiger partial charge in [-0.3, -0.25) is 14.4 Å². The molecule has 0 unspecified atom stereocenters. The fourth-order valence-electron chi connectivity index (χ4n) is 1.22. The van der Waals surface area contributed by atoms with Crippen LogP contribution in [0.3, 0.4) is 0 Å². The maximum atomic E-state index is 11.2. The van der Waals surface area contributed by atoms with Gasteiger partial charge in [-0.05, 0) is 6.92 Å². The lowest BCUT2D eigenvalue weighted by molar-refractivity contribution is 0.746. The van der Waals surface area contributed by atoms with Crippen molar-refractivity contribution < 1.29 is 0 Å². The predicted molar refractivity (Wildman–Crippen MR) is 44.4 cm³/mol. The Labute approximate surface area is 67.3 Å². The quantitative estimate of drug-likeness (QED) is 0.506. The zero-order valence-electron chi connectivity index (χ0n) is 6.20. The number of nitrogens with zero attached hydrogens (tertiary/aromatic N) is 2. The molecule has 0 bridgehead atoms. The molecule has 0 aromatic carbocycles. The van der Waals surface area contributed by atoms with Gasteiger partial charge in [-0.15, -0.1) is 0 Å². The Morgan fingerprint density at radius 2 is 2.55 bits per heavy atom. The summed E-state index contributed by atoms with van der Waals surface area (Å²) in [5, 5.41) is 0. The average molecular weight is 168 g/mol. The third-order valence-electron chi connectivity index (χ3n) is 1.74. The van der Waals surface area contributed by atoms with Crippen LogP contribution in [0.4, 0.5) is 0 Å². The Morgan fingerprint density at radius 1 is 1.73 bits per heavy atom. The second kappa shape index (κ2) is 2.30. The van der Waals surface area contributed by atoms with E-state index in [4.69, 9.17) is 0 Å². The number of aromatic nitrogens is 1. The van der Waals surface area contributed by atoms with Crippen LogP contribution in [0.15, 0.2) is 9.79 Å². The first-order valence-corrected chi connectivity index (χ1v) is 4.35. The molecule has 0 radical (unpaired) electrons. The summed E-state index contributed by atoms with van der Waals surface area (Å²) in [4.78, 5) is 15.5. The van der Waals surface area contributed by atoms with Crippen LogP contribution in [0.5, 0.6) is 0 Å². The van der Waals surface area contributed by atoms with Crippen LogP contribution in [0, 0.1) is 0 Å². The van der Waals surface area contributed by atoms with E-state index in [1.165, 1.54) is 11.3 Å². The van der Waals surface area contributed by atoms with Gasteiger partial charge in [-0.1, -0.05) is 17.4 Å². The lowest BCUT2D eigenvalue weighted by atomic mass is 10.6. The molecule has 0 N–H and O–H groups in total. The van der Waals surface area contributed by atoms with Crippen molar-refractivity contribution in [1.82, 2.24) is 4.57 Å². The van der Waals surface area contributed by atoms with Gasteiger partial charge in [0.05, 0.1) is 11.1 Å². The number of fused-ring (bicyclic) bond motifs is 1. The number of hydrogen-bond acceptors (Lipinski definition) is 3. The molecule has 11 heavy (non-hydrogen) atoms. The van der Waals surface area contributed by atoms with E-state index in [0.29, 0.717) is 0 Å². The Balaban J connectivity index is 3.00. The highest BCUT2D eigenvalue weighted by Gasteiger charge is 2.07. The minimum atomic E-state index is 0.120. The lowest BCUT2D eigenvalue weighted by Gasteiger charge is -1.84. The fraction of sp³-hybridized carbons (Fsp3) is 0.429. The first-order chi connectivity index (χ1) is 5.33. The topological polar surface area (TPSA) is 34.4 Å². The third kappa shape index (κ3) is 0.860. The van der Waals surface area contributed by atoms with Crippen molar-refractivity contribution in [3.05, 3.63) is 19.7 Å². The van der Waals surface area contributed by atoms with Gasteiger partial charge in [0.1, 0.15) is 5.49 Å². The van der Waals surface area contributed by atoms with Gasteiger partial charge in [0.15, 0.2) is 0 Å². The largest absolute Gasteiger partial charge is 0.309 e. The number of hydrogen-bond donors (Lipinski definition) is 0. The van der Waals surface area contributed by atoms with Crippen molar-refractivity contribution in [2.45, 2.75) is 13.5 Å². The molecule has 1 aromatic heterocycles. The first-order valence-electron chi connectivity index (χ1n) is 3.53. The molecule has 1 aliphatic heterocycles. The minimum absolute atomic E-state index is 0.120. The van der Waals surface area contributed by atoms with Gasteiger partial charge in [0, 0.05) is 6.54 Å². The van der Waals surface area contributed by atoms with Crippen molar-refractivity contribution in [2.24, 2.45) is 4.99 Å². The van der Waals surface area contributed by atoms with Gasteiger partial charge in [-0.2, -0.15) is 0 Å². The minimum Gasteiger partial charge on any atom is -0.282 e. The van der Waals surface area contributed by atoms with Crippen LogP contribution < -0.4 is 14.9 Å². The Hall–Kier alpha value is -0.900. The van der Waals surface area contributed by atoms with E-state index in [9.17, 15) is 4.79 Å². The molecule has 3 nitrogen and oxygen atoms in total. The molecule has 0 spiro atoms. The van der Waals surface area contributed by atoms with Gasteiger partial charge in [-0.25, -0.2) is 0 Å².